The van der Waals surface area contributed by atoms with Crippen molar-refractivity contribution in [1.29, 1.82) is 15.9 Å². The summed E-state index contributed by atoms with van der Waals surface area (Å²) in [5.41, 5.74) is 1.86. The molecule has 0 atom stereocenters. The van der Waals surface area contributed by atoms with Crippen LogP contribution >= 0.6 is 11.6 Å². The fraction of sp³-hybridized carbons (Fsp3) is 0.111. The first-order valence-corrected chi connectivity index (χ1v) is 8.33. The monoisotopic (exact) mass is 394 g/mol. The van der Waals surface area contributed by atoms with E-state index in [0.29, 0.717) is 27.5 Å². The van der Waals surface area contributed by atoms with Crippen molar-refractivity contribution >= 4 is 29.7 Å². The molecule has 10 heteroatoms. The van der Waals surface area contributed by atoms with Crippen LogP contribution in [0.15, 0.2) is 42.4 Å². The highest BCUT2D eigenvalue weighted by atomic mass is 35.5. The van der Waals surface area contributed by atoms with Crippen LogP contribution in [0.25, 0.3) is 11.3 Å². The van der Waals surface area contributed by atoms with Crippen molar-refractivity contribution in [3.63, 3.8) is 0 Å². The van der Waals surface area contributed by atoms with E-state index in [2.05, 4.69) is 25.9 Å². The van der Waals surface area contributed by atoms with Crippen molar-refractivity contribution in [2.75, 3.05) is 18.4 Å². The number of nitrogens with one attached hydrogen (secondary N) is 4. The van der Waals surface area contributed by atoms with Gasteiger partial charge in [0.05, 0.1) is 34.7 Å². The van der Waals surface area contributed by atoms with E-state index < -0.39 is 0 Å². The van der Waals surface area contributed by atoms with Gasteiger partial charge >= 0.3 is 0 Å². The minimum Gasteiger partial charge on any atom is -0.377 e. The molecule has 0 spiro atoms. The van der Waals surface area contributed by atoms with Crippen LogP contribution in [0.2, 0.25) is 5.02 Å². The van der Waals surface area contributed by atoms with Crippen LogP contribution in [0.3, 0.4) is 0 Å². The second kappa shape index (κ2) is 10.3. The van der Waals surface area contributed by atoms with E-state index in [-0.39, 0.29) is 24.9 Å². The molecule has 4 N–H and O–H groups in total. The molecule has 140 valence electrons. The Balaban J connectivity index is 2.22. The summed E-state index contributed by atoms with van der Waals surface area (Å²) in [7, 11) is 0. The van der Waals surface area contributed by atoms with Crippen LogP contribution < -0.4 is 16.0 Å². The van der Waals surface area contributed by atoms with Gasteiger partial charge in [-0.15, -0.1) is 0 Å². The molecular formula is C18H15ClN8O. The van der Waals surface area contributed by atoms with Crippen molar-refractivity contribution in [1.82, 2.24) is 20.6 Å². The molecule has 0 aliphatic heterocycles. The Kier molecular flexibility index (Phi) is 7.46. The van der Waals surface area contributed by atoms with Crippen LogP contribution in [0.4, 0.5) is 5.95 Å². The maximum atomic E-state index is 11.9. The Morgan fingerprint density at radius 2 is 1.93 bits per heavy atom. The van der Waals surface area contributed by atoms with Gasteiger partial charge in [0, 0.05) is 23.5 Å². The van der Waals surface area contributed by atoms with Crippen LogP contribution in [0.1, 0.15) is 10.4 Å². The van der Waals surface area contributed by atoms with Crippen molar-refractivity contribution in [2.24, 2.45) is 0 Å². The summed E-state index contributed by atoms with van der Waals surface area (Å²) < 4.78 is 0. The Bertz CT molecular complexity index is 973. The molecule has 0 bridgehead atoms. The molecule has 1 aromatic carbocycles. The molecule has 2 aromatic rings. The molecule has 0 radical (unpaired) electrons. The van der Waals surface area contributed by atoms with Gasteiger partial charge in [0.2, 0.25) is 5.95 Å². The fourth-order valence-corrected chi connectivity index (χ4v) is 2.28. The first-order chi connectivity index (χ1) is 13.6. The molecule has 0 saturated carbocycles. The van der Waals surface area contributed by atoms with Crippen LogP contribution in [-0.2, 0) is 0 Å². The Morgan fingerprint density at radius 3 is 2.57 bits per heavy atom. The van der Waals surface area contributed by atoms with Gasteiger partial charge in [0.1, 0.15) is 13.1 Å². The molecule has 0 aliphatic carbocycles. The van der Waals surface area contributed by atoms with Gasteiger partial charge in [0.25, 0.3) is 5.91 Å². The van der Waals surface area contributed by atoms with E-state index >= 15 is 0 Å². The van der Waals surface area contributed by atoms with Gasteiger partial charge in [-0.05, 0) is 12.1 Å². The van der Waals surface area contributed by atoms with E-state index in [4.69, 9.17) is 27.5 Å². The molecule has 28 heavy (non-hydrogen) atoms. The van der Waals surface area contributed by atoms with Gasteiger partial charge in [0.15, 0.2) is 0 Å². The molecule has 9 nitrogen and oxygen atoms in total. The average Bonchev–Trinajstić information content (AvgIpc) is 2.72. The fourth-order valence-electron chi connectivity index (χ4n) is 2.08. The number of hydrogen-bond acceptors (Lipinski definition) is 8. The normalized spacial score (nSPS) is 10.3. The largest absolute Gasteiger partial charge is 0.377 e. The molecular weight excluding hydrogens is 380 g/mol. The number of carbonyl (C=O) groups is 1. The standard InChI is InChI=1S/C18H15ClN8O/c19-15-11-25-18(26-14(9-22)10-23-7-5-20)27-16(15)12-1-3-13(4-2-12)17(28)24-8-6-21/h1-4,9-11,22-23H,7-8H2,(H,24,28)(H,25,26,27)/b14-10+,22-9?. The lowest BCUT2D eigenvalue weighted by Gasteiger charge is -2.09. The van der Waals surface area contributed by atoms with Crippen molar-refractivity contribution in [2.45, 2.75) is 0 Å². The predicted octanol–water partition coefficient (Wildman–Crippen LogP) is 2.07. The van der Waals surface area contributed by atoms with Crippen molar-refractivity contribution < 1.29 is 4.79 Å². The lowest BCUT2D eigenvalue weighted by molar-refractivity contribution is 0.0958. The molecule has 2 rings (SSSR count). The van der Waals surface area contributed by atoms with Crippen LogP contribution in [-0.4, -0.2) is 35.2 Å². The molecule has 0 fully saturated rings. The SMILES string of the molecule is N#CCN/C=C(\C=N)Nc1ncc(Cl)c(-c2ccc(C(=O)NCC#N)cc2)n1. The molecule has 1 heterocycles. The number of rotatable bonds is 8. The molecule has 1 amide bonds. The van der Waals surface area contributed by atoms with E-state index in [1.54, 1.807) is 24.3 Å². The number of halogens is 1. The molecule has 0 unspecified atom stereocenters. The highest BCUT2D eigenvalue weighted by Gasteiger charge is 2.11. The summed E-state index contributed by atoms with van der Waals surface area (Å²) in [4.78, 5) is 20.3. The Morgan fingerprint density at radius 1 is 1.21 bits per heavy atom. The number of aromatic nitrogens is 2. The van der Waals surface area contributed by atoms with Gasteiger partial charge < -0.3 is 21.4 Å². The number of carbonyl (C=O) groups excluding carboxylic acids is 1. The molecule has 1 aromatic heterocycles. The smallest absolute Gasteiger partial charge is 0.252 e. The topological polar surface area (TPSA) is 150 Å². The third kappa shape index (κ3) is 5.53. The summed E-state index contributed by atoms with van der Waals surface area (Å²) in [6.45, 7) is 0.0273. The zero-order chi connectivity index (χ0) is 20.4. The van der Waals surface area contributed by atoms with Gasteiger partial charge in [-0.25, -0.2) is 9.97 Å². The average molecular weight is 395 g/mol. The van der Waals surface area contributed by atoms with Crippen molar-refractivity contribution in [3.8, 4) is 23.4 Å². The quantitative estimate of drug-likeness (QED) is 0.304. The maximum Gasteiger partial charge on any atom is 0.252 e. The van der Waals surface area contributed by atoms with E-state index in [1.165, 1.54) is 12.4 Å². The molecule has 0 aliphatic rings. The first-order valence-electron chi connectivity index (χ1n) is 7.95. The number of amides is 1. The van der Waals surface area contributed by atoms with Gasteiger partial charge in [-0.1, -0.05) is 23.7 Å². The third-order valence-electron chi connectivity index (χ3n) is 3.34. The van der Waals surface area contributed by atoms with E-state index in [9.17, 15) is 4.79 Å². The first kappa shape index (κ1) is 20.4. The van der Waals surface area contributed by atoms with Crippen molar-refractivity contribution in [3.05, 3.63) is 52.9 Å². The van der Waals surface area contributed by atoms with Crippen LogP contribution in [0.5, 0.6) is 0 Å². The third-order valence-corrected chi connectivity index (χ3v) is 3.62. The van der Waals surface area contributed by atoms with E-state index in [0.717, 1.165) is 6.21 Å². The number of nitriles is 2. The summed E-state index contributed by atoms with van der Waals surface area (Å²) in [5, 5.41) is 32.8. The van der Waals surface area contributed by atoms with E-state index in [1.807, 2.05) is 12.1 Å². The minimum atomic E-state index is -0.352. The zero-order valence-electron chi connectivity index (χ0n) is 14.5. The lowest BCUT2D eigenvalue weighted by Crippen LogP contribution is -2.23. The lowest BCUT2D eigenvalue weighted by atomic mass is 10.1. The van der Waals surface area contributed by atoms with Gasteiger partial charge in [-0.2, -0.15) is 10.5 Å². The van der Waals surface area contributed by atoms with Gasteiger partial charge in [-0.3, -0.25) is 4.79 Å². The highest BCUT2D eigenvalue weighted by Crippen LogP contribution is 2.26. The minimum absolute atomic E-state index is 0.0700. The highest BCUT2D eigenvalue weighted by molar-refractivity contribution is 6.32. The van der Waals surface area contributed by atoms with Crippen LogP contribution in [0, 0.1) is 28.1 Å². The number of anilines is 1. The Hall–Kier alpha value is -3.95. The maximum absolute atomic E-state index is 11.9. The second-order valence-corrected chi connectivity index (χ2v) is 5.62. The number of nitrogens with zero attached hydrogens (tertiary/aromatic N) is 4. The summed E-state index contributed by atoms with van der Waals surface area (Å²) in [6, 6.07) is 10.3. The molecule has 0 saturated heterocycles. The zero-order valence-corrected chi connectivity index (χ0v) is 15.3. The Labute approximate surface area is 166 Å². The predicted molar refractivity (Wildman–Crippen MR) is 105 cm³/mol. The number of hydrogen-bond donors (Lipinski definition) is 4. The second-order valence-electron chi connectivity index (χ2n) is 5.22. The number of benzene rings is 1. The summed E-state index contributed by atoms with van der Waals surface area (Å²) in [6.07, 6.45) is 3.93. The summed E-state index contributed by atoms with van der Waals surface area (Å²) >= 11 is 6.20. The summed E-state index contributed by atoms with van der Waals surface area (Å²) in [5.74, 6) is -0.140. The number of allylic oxidation sites excluding steroid dienone is 1.